The number of imidazole rings is 1. The van der Waals surface area contributed by atoms with Crippen molar-refractivity contribution in [1.82, 2.24) is 24.2 Å². The Morgan fingerprint density at radius 3 is 2.73 bits per heavy atom. The van der Waals surface area contributed by atoms with Crippen molar-refractivity contribution >= 4 is 11.5 Å². The number of likely N-dealkylation sites (tertiary alicyclic amines) is 1. The lowest BCUT2D eigenvalue weighted by Crippen LogP contribution is -2.49. The summed E-state index contributed by atoms with van der Waals surface area (Å²) in [5, 5.41) is 0. The van der Waals surface area contributed by atoms with Crippen LogP contribution in [-0.4, -0.2) is 62.9 Å². The maximum Gasteiger partial charge on any atom is 0.138 e. The molecule has 0 aromatic carbocycles. The molecular weight excluding hydrogens is 408 g/mol. The van der Waals surface area contributed by atoms with Crippen LogP contribution < -0.4 is 4.90 Å². The number of nitrogens with zero attached hydrogens (tertiary/aromatic N) is 6. The van der Waals surface area contributed by atoms with Gasteiger partial charge in [-0.15, -0.1) is 0 Å². The zero-order chi connectivity index (χ0) is 22.4. The molecule has 0 amide bonds. The van der Waals surface area contributed by atoms with E-state index in [0.29, 0.717) is 12.1 Å². The molecule has 33 heavy (non-hydrogen) atoms. The summed E-state index contributed by atoms with van der Waals surface area (Å²) < 4.78 is 2.31. The minimum atomic E-state index is 0.442. The molecular formula is C27H36N6. The number of piperazine rings is 1. The van der Waals surface area contributed by atoms with Gasteiger partial charge in [0.2, 0.25) is 0 Å². The number of aryl methyl sites for hydroxylation is 1. The lowest BCUT2D eigenvalue weighted by molar-refractivity contribution is 0.0687. The number of fused-ring (bicyclic) bond motifs is 4. The van der Waals surface area contributed by atoms with Crippen molar-refractivity contribution in [3.63, 3.8) is 0 Å². The van der Waals surface area contributed by atoms with Gasteiger partial charge in [0.15, 0.2) is 0 Å². The van der Waals surface area contributed by atoms with Gasteiger partial charge in [-0.1, -0.05) is 12.1 Å². The van der Waals surface area contributed by atoms with Crippen molar-refractivity contribution in [3.8, 4) is 0 Å². The zero-order valence-electron chi connectivity index (χ0n) is 20.0. The summed E-state index contributed by atoms with van der Waals surface area (Å²) in [5.74, 6) is 2.00. The van der Waals surface area contributed by atoms with Gasteiger partial charge in [0, 0.05) is 51.2 Å². The van der Waals surface area contributed by atoms with Crippen LogP contribution in [0, 0.1) is 5.92 Å². The summed E-state index contributed by atoms with van der Waals surface area (Å²) in [5.41, 5.74) is 5.00. The molecule has 0 saturated carbocycles. The fourth-order valence-corrected chi connectivity index (χ4v) is 6.35. The third kappa shape index (κ3) is 3.93. The van der Waals surface area contributed by atoms with E-state index in [1.807, 2.05) is 6.20 Å². The van der Waals surface area contributed by atoms with E-state index in [0.717, 1.165) is 50.8 Å². The Morgan fingerprint density at radius 1 is 1.00 bits per heavy atom. The Bertz CT molecular complexity index is 1110. The second-order valence-electron chi connectivity index (χ2n) is 10.4. The first kappa shape index (κ1) is 21.1. The van der Waals surface area contributed by atoms with Crippen LogP contribution in [0.25, 0.3) is 5.65 Å². The highest BCUT2D eigenvalue weighted by atomic mass is 15.3. The third-order valence-corrected chi connectivity index (χ3v) is 8.11. The van der Waals surface area contributed by atoms with Crippen LogP contribution in [-0.2, 0) is 13.0 Å². The number of hydrogen-bond acceptors (Lipinski definition) is 5. The highest BCUT2D eigenvalue weighted by Crippen LogP contribution is 2.43. The van der Waals surface area contributed by atoms with Gasteiger partial charge in [-0.3, -0.25) is 19.2 Å². The second-order valence-corrected chi connectivity index (χ2v) is 10.4. The van der Waals surface area contributed by atoms with Crippen LogP contribution >= 0.6 is 0 Å². The van der Waals surface area contributed by atoms with Crippen molar-refractivity contribution in [2.45, 2.75) is 58.2 Å². The van der Waals surface area contributed by atoms with Crippen LogP contribution in [0.15, 0.2) is 42.7 Å². The smallest absolute Gasteiger partial charge is 0.138 e. The van der Waals surface area contributed by atoms with Gasteiger partial charge < -0.3 is 4.90 Å². The Labute approximate surface area is 197 Å². The molecule has 3 aliphatic rings. The summed E-state index contributed by atoms with van der Waals surface area (Å²) in [6, 6.07) is 12.0. The molecule has 2 aliphatic heterocycles. The molecule has 2 saturated heterocycles. The highest BCUT2D eigenvalue weighted by Gasteiger charge is 2.37. The molecule has 6 rings (SSSR count). The van der Waals surface area contributed by atoms with E-state index in [2.05, 4.69) is 69.5 Å². The highest BCUT2D eigenvalue weighted by molar-refractivity contribution is 5.53. The molecule has 174 valence electrons. The van der Waals surface area contributed by atoms with E-state index in [4.69, 9.17) is 9.97 Å². The SMILES string of the molecule is CC(C)N1CCN(c2cccc3nc(CN4CCC[C@H]5CCc6cccnc6[C@H]54)cn23)CC1. The summed E-state index contributed by atoms with van der Waals surface area (Å²) in [7, 11) is 0. The quantitative estimate of drug-likeness (QED) is 0.604. The number of pyridine rings is 2. The third-order valence-electron chi connectivity index (χ3n) is 8.11. The molecule has 3 aromatic heterocycles. The summed E-state index contributed by atoms with van der Waals surface area (Å²) in [4.78, 5) is 17.7. The Balaban J connectivity index is 1.26. The average Bonchev–Trinajstić information content (AvgIpc) is 3.26. The molecule has 6 nitrogen and oxygen atoms in total. The number of hydrogen-bond donors (Lipinski definition) is 0. The fourth-order valence-electron chi connectivity index (χ4n) is 6.35. The lowest BCUT2D eigenvalue weighted by atomic mass is 9.77. The predicted octanol–water partition coefficient (Wildman–Crippen LogP) is 4.16. The maximum absolute atomic E-state index is 5.06. The monoisotopic (exact) mass is 444 g/mol. The van der Waals surface area contributed by atoms with E-state index in [-0.39, 0.29) is 0 Å². The molecule has 1 aliphatic carbocycles. The van der Waals surface area contributed by atoms with Crippen molar-refractivity contribution in [1.29, 1.82) is 0 Å². The number of aromatic nitrogens is 3. The van der Waals surface area contributed by atoms with E-state index in [9.17, 15) is 0 Å². The van der Waals surface area contributed by atoms with Gasteiger partial charge in [-0.2, -0.15) is 0 Å². The fraction of sp³-hybridized carbons (Fsp3) is 0.556. The van der Waals surface area contributed by atoms with Crippen molar-refractivity contribution in [3.05, 3.63) is 59.7 Å². The van der Waals surface area contributed by atoms with Crippen LogP contribution in [0.2, 0.25) is 0 Å². The zero-order valence-corrected chi connectivity index (χ0v) is 20.0. The van der Waals surface area contributed by atoms with Crippen LogP contribution in [0.5, 0.6) is 0 Å². The van der Waals surface area contributed by atoms with E-state index < -0.39 is 0 Å². The Morgan fingerprint density at radius 2 is 1.88 bits per heavy atom. The molecule has 0 radical (unpaired) electrons. The van der Waals surface area contributed by atoms with Crippen molar-refractivity contribution < 1.29 is 0 Å². The molecule has 0 unspecified atom stereocenters. The number of anilines is 1. The van der Waals surface area contributed by atoms with Crippen LogP contribution in [0.4, 0.5) is 5.82 Å². The molecule has 2 atom stereocenters. The average molecular weight is 445 g/mol. The second kappa shape index (κ2) is 8.73. The van der Waals surface area contributed by atoms with Crippen molar-refractivity contribution in [2.24, 2.45) is 5.92 Å². The van der Waals surface area contributed by atoms with Crippen LogP contribution in [0.3, 0.4) is 0 Å². The molecule has 0 N–H and O–H groups in total. The van der Waals surface area contributed by atoms with Gasteiger partial charge in [-0.25, -0.2) is 4.98 Å². The first-order valence-corrected chi connectivity index (χ1v) is 12.8. The van der Waals surface area contributed by atoms with E-state index in [1.54, 1.807) is 0 Å². The molecule has 5 heterocycles. The first-order chi connectivity index (χ1) is 16.2. The van der Waals surface area contributed by atoms with Crippen molar-refractivity contribution in [2.75, 3.05) is 37.6 Å². The number of piperidine rings is 1. The predicted molar refractivity (Wildman–Crippen MR) is 133 cm³/mol. The summed E-state index contributed by atoms with van der Waals surface area (Å²) in [6.07, 6.45) is 9.34. The standard InChI is InChI=1S/C27H36N6/c1-20(2)30-14-16-31(17-15-30)25-9-3-8-24-29-23(19-33(24)25)18-32-13-5-7-22-11-10-21-6-4-12-28-26(21)27(22)32/h3-4,6,8-9,12,19-20,22,27H,5,7,10-11,13-18H2,1-2H3/t22-,27-/m0/s1. The maximum atomic E-state index is 5.06. The van der Waals surface area contributed by atoms with Gasteiger partial charge in [0.25, 0.3) is 0 Å². The molecule has 3 aromatic rings. The van der Waals surface area contributed by atoms with Gasteiger partial charge in [0.05, 0.1) is 17.4 Å². The van der Waals surface area contributed by atoms with Gasteiger partial charge in [-0.05, 0) is 75.8 Å². The van der Waals surface area contributed by atoms with Crippen LogP contribution in [0.1, 0.15) is 56.1 Å². The molecule has 0 bridgehead atoms. The summed E-state index contributed by atoms with van der Waals surface area (Å²) >= 11 is 0. The minimum absolute atomic E-state index is 0.442. The summed E-state index contributed by atoms with van der Waals surface area (Å²) in [6.45, 7) is 11.0. The minimum Gasteiger partial charge on any atom is -0.355 e. The topological polar surface area (TPSA) is 39.9 Å². The number of rotatable bonds is 4. The lowest BCUT2D eigenvalue weighted by Gasteiger charge is -2.44. The normalized spacial score (nSPS) is 24.3. The Kier molecular flexibility index (Phi) is 5.59. The van der Waals surface area contributed by atoms with Gasteiger partial charge >= 0.3 is 0 Å². The van der Waals surface area contributed by atoms with E-state index in [1.165, 1.54) is 48.5 Å². The first-order valence-electron chi connectivity index (χ1n) is 12.8. The molecule has 0 spiro atoms. The largest absolute Gasteiger partial charge is 0.355 e. The molecule has 6 heteroatoms. The Hall–Kier alpha value is -2.44. The van der Waals surface area contributed by atoms with E-state index >= 15 is 0 Å². The molecule has 2 fully saturated rings. The van der Waals surface area contributed by atoms with Gasteiger partial charge in [0.1, 0.15) is 11.5 Å².